The van der Waals surface area contributed by atoms with E-state index in [2.05, 4.69) is 15.6 Å². The minimum absolute atomic E-state index is 0.237. The number of carboxylic acids is 2. The number of carboxylic acid groups (broad SMARTS) is 2. The predicted molar refractivity (Wildman–Crippen MR) is 83.5 cm³/mol. The predicted octanol–water partition coefficient (Wildman–Crippen LogP) is 0.557. The minimum atomic E-state index is -1.05. The summed E-state index contributed by atoms with van der Waals surface area (Å²) in [5.41, 5.74) is 1.91. The zero-order valence-corrected chi connectivity index (χ0v) is 12.9. The first-order chi connectivity index (χ1) is 11.6. The van der Waals surface area contributed by atoms with Crippen LogP contribution < -0.4 is 5.32 Å². The van der Waals surface area contributed by atoms with Crippen LogP contribution in [0.3, 0.4) is 0 Å². The maximum Gasteiger partial charge on any atom is 0.321 e. The molecule has 0 amide bonds. The first kappa shape index (κ1) is 16.1. The molecule has 24 heavy (non-hydrogen) atoms. The quantitative estimate of drug-likeness (QED) is 0.708. The van der Waals surface area contributed by atoms with Crippen LogP contribution in [0.25, 0.3) is 0 Å². The molecule has 0 radical (unpaired) electrons. The van der Waals surface area contributed by atoms with Crippen molar-refractivity contribution in [2.45, 2.75) is 24.9 Å². The van der Waals surface area contributed by atoms with E-state index in [4.69, 9.17) is 5.11 Å². The molecule has 0 saturated carbocycles. The number of aliphatic carboxylic acids is 2. The number of aromatic nitrogens is 3. The van der Waals surface area contributed by atoms with Crippen molar-refractivity contribution in [3.8, 4) is 0 Å². The minimum Gasteiger partial charge on any atom is -0.481 e. The van der Waals surface area contributed by atoms with Gasteiger partial charge in [0.25, 0.3) is 0 Å². The van der Waals surface area contributed by atoms with Gasteiger partial charge in [-0.1, -0.05) is 35.5 Å². The van der Waals surface area contributed by atoms with Gasteiger partial charge in [-0.3, -0.25) is 9.59 Å². The molecule has 1 aliphatic heterocycles. The third-order valence-electron chi connectivity index (χ3n) is 4.34. The van der Waals surface area contributed by atoms with Crippen LogP contribution in [-0.4, -0.2) is 49.7 Å². The van der Waals surface area contributed by atoms with Crippen LogP contribution in [-0.2, 0) is 16.0 Å². The highest BCUT2D eigenvalue weighted by molar-refractivity contribution is 5.76. The second-order valence-corrected chi connectivity index (χ2v) is 5.89. The van der Waals surface area contributed by atoms with Crippen LogP contribution in [0.1, 0.15) is 23.7 Å². The molecule has 1 fully saturated rings. The third-order valence-corrected chi connectivity index (χ3v) is 4.34. The highest BCUT2D eigenvalue weighted by Gasteiger charge is 2.43. The lowest BCUT2D eigenvalue weighted by Gasteiger charge is -2.21. The largest absolute Gasteiger partial charge is 0.481 e. The first-order valence-electron chi connectivity index (χ1n) is 7.67. The number of rotatable bonds is 6. The summed E-state index contributed by atoms with van der Waals surface area (Å²) in [6.45, 7) is 0.347. The van der Waals surface area contributed by atoms with E-state index in [1.54, 1.807) is 10.9 Å². The average Bonchev–Trinajstić information content (AvgIpc) is 3.14. The summed E-state index contributed by atoms with van der Waals surface area (Å²) >= 11 is 0. The molecule has 1 aromatic carbocycles. The molecule has 0 spiro atoms. The Hall–Kier alpha value is -2.74. The van der Waals surface area contributed by atoms with Crippen LogP contribution in [0.5, 0.6) is 0 Å². The summed E-state index contributed by atoms with van der Waals surface area (Å²) in [6, 6.07) is 8.52. The van der Waals surface area contributed by atoms with E-state index >= 15 is 0 Å². The number of hydrogen-bond acceptors (Lipinski definition) is 5. The second-order valence-electron chi connectivity index (χ2n) is 5.89. The number of benzene rings is 1. The average molecular weight is 330 g/mol. The Labute approximate surface area is 138 Å². The number of nitrogens with zero attached hydrogens (tertiary/aromatic N) is 3. The van der Waals surface area contributed by atoms with E-state index in [0.717, 1.165) is 11.3 Å². The zero-order valence-electron chi connectivity index (χ0n) is 12.9. The van der Waals surface area contributed by atoms with Crippen molar-refractivity contribution in [3.05, 3.63) is 47.8 Å². The smallest absolute Gasteiger partial charge is 0.321 e. The van der Waals surface area contributed by atoms with E-state index in [-0.39, 0.29) is 12.5 Å². The molecule has 1 saturated heterocycles. The monoisotopic (exact) mass is 330 g/mol. The second kappa shape index (κ2) is 6.79. The van der Waals surface area contributed by atoms with Gasteiger partial charge >= 0.3 is 11.9 Å². The molecule has 0 aliphatic carbocycles. The fourth-order valence-electron chi connectivity index (χ4n) is 3.24. The Morgan fingerprint density at radius 3 is 2.67 bits per heavy atom. The fraction of sp³-hybridized carbons (Fsp3) is 0.375. The van der Waals surface area contributed by atoms with Gasteiger partial charge < -0.3 is 15.5 Å². The first-order valence-corrected chi connectivity index (χ1v) is 7.67. The van der Waals surface area contributed by atoms with Gasteiger partial charge in [0.05, 0.1) is 24.4 Å². The van der Waals surface area contributed by atoms with Crippen molar-refractivity contribution in [2.24, 2.45) is 5.92 Å². The Bertz CT molecular complexity index is 731. The van der Waals surface area contributed by atoms with Crippen molar-refractivity contribution in [1.29, 1.82) is 0 Å². The maximum absolute atomic E-state index is 11.4. The van der Waals surface area contributed by atoms with Crippen molar-refractivity contribution in [1.82, 2.24) is 20.3 Å². The van der Waals surface area contributed by atoms with Gasteiger partial charge in [-0.25, -0.2) is 4.68 Å². The molecule has 2 aromatic rings. The van der Waals surface area contributed by atoms with Gasteiger partial charge in [0.1, 0.15) is 6.04 Å². The molecule has 1 aromatic heterocycles. The molecule has 3 rings (SSSR count). The van der Waals surface area contributed by atoms with E-state index < -0.39 is 23.9 Å². The fourth-order valence-corrected chi connectivity index (χ4v) is 3.24. The van der Waals surface area contributed by atoms with Gasteiger partial charge in [-0.2, -0.15) is 0 Å². The van der Waals surface area contributed by atoms with Gasteiger partial charge in [-0.05, 0) is 5.56 Å². The molecular weight excluding hydrogens is 312 g/mol. The van der Waals surface area contributed by atoms with Crippen LogP contribution in [0.15, 0.2) is 36.5 Å². The lowest BCUT2D eigenvalue weighted by Crippen LogP contribution is -2.37. The normalized spacial score (nSPS) is 23.2. The molecule has 1 aliphatic rings. The van der Waals surface area contributed by atoms with E-state index in [0.29, 0.717) is 13.0 Å². The summed E-state index contributed by atoms with van der Waals surface area (Å²) in [5, 5.41) is 29.4. The third kappa shape index (κ3) is 3.28. The Morgan fingerprint density at radius 2 is 2.00 bits per heavy atom. The molecule has 3 N–H and O–H groups in total. The lowest BCUT2D eigenvalue weighted by atomic mass is 9.92. The molecular formula is C16H18N4O4. The lowest BCUT2D eigenvalue weighted by molar-refractivity contribution is -0.142. The van der Waals surface area contributed by atoms with Gasteiger partial charge in [0, 0.05) is 18.9 Å². The highest BCUT2D eigenvalue weighted by Crippen LogP contribution is 2.31. The van der Waals surface area contributed by atoms with E-state index in [1.165, 1.54) is 0 Å². The molecule has 0 unspecified atom stereocenters. The number of hydrogen-bond donors (Lipinski definition) is 3. The van der Waals surface area contributed by atoms with Crippen molar-refractivity contribution in [3.63, 3.8) is 0 Å². The van der Waals surface area contributed by atoms with E-state index in [1.807, 2.05) is 30.3 Å². The molecule has 3 atom stereocenters. The Kier molecular flexibility index (Phi) is 4.57. The number of nitrogens with one attached hydrogen (secondary N) is 1. The van der Waals surface area contributed by atoms with Crippen LogP contribution in [0.4, 0.5) is 0 Å². The van der Waals surface area contributed by atoms with E-state index in [9.17, 15) is 14.7 Å². The SMILES string of the molecule is O=C(O)C[C@@H]1[C@@H](C(=O)O)NC[C@@H]1n1nncc1Cc1ccccc1. The van der Waals surface area contributed by atoms with Crippen molar-refractivity contribution in [2.75, 3.05) is 6.54 Å². The molecule has 8 heteroatoms. The summed E-state index contributed by atoms with van der Waals surface area (Å²) in [7, 11) is 0. The molecule has 8 nitrogen and oxygen atoms in total. The van der Waals surface area contributed by atoms with Gasteiger partial charge in [0.2, 0.25) is 0 Å². The summed E-state index contributed by atoms with van der Waals surface area (Å²) in [5.74, 6) is -2.66. The van der Waals surface area contributed by atoms with Gasteiger partial charge in [-0.15, -0.1) is 5.10 Å². The molecule has 126 valence electrons. The van der Waals surface area contributed by atoms with Crippen LogP contribution in [0.2, 0.25) is 0 Å². The molecule has 0 bridgehead atoms. The highest BCUT2D eigenvalue weighted by atomic mass is 16.4. The van der Waals surface area contributed by atoms with Crippen molar-refractivity contribution < 1.29 is 19.8 Å². The van der Waals surface area contributed by atoms with Crippen LogP contribution >= 0.6 is 0 Å². The summed E-state index contributed by atoms with van der Waals surface area (Å²) < 4.78 is 1.66. The molecule has 2 heterocycles. The van der Waals surface area contributed by atoms with Gasteiger partial charge in [0.15, 0.2) is 0 Å². The maximum atomic E-state index is 11.4. The Balaban J connectivity index is 1.86. The number of carbonyl (C=O) groups is 2. The summed E-state index contributed by atoms with van der Waals surface area (Å²) in [4.78, 5) is 22.5. The standard InChI is InChI=1S/C16H18N4O4/c21-14(22)7-12-13(9-17-15(12)16(23)24)20-11(8-18-19-20)6-10-4-2-1-3-5-10/h1-5,8,12-13,15,17H,6-7,9H2,(H,21,22)(H,23,24)/t12-,13-,15-/m0/s1. The van der Waals surface area contributed by atoms with Crippen LogP contribution in [0, 0.1) is 5.92 Å². The topological polar surface area (TPSA) is 117 Å². The van der Waals surface area contributed by atoms with Crippen molar-refractivity contribution >= 4 is 11.9 Å². The Morgan fingerprint density at radius 1 is 1.25 bits per heavy atom. The summed E-state index contributed by atoms with van der Waals surface area (Å²) in [6.07, 6.45) is 2.00. The zero-order chi connectivity index (χ0) is 17.1.